The summed E-state index contributed by atoms with van der Waals surface area (Å²) < 4.78 is 13.9. The molecule has 5 nitrogen and oxygen atoms in total. The highest BCUT2D eigenvalue weighted by atomic mass is 16.7. The van der Waals surface area contributed by atoms with E-state index in [-0.39, 0.29) is 5.57 Å². The van der Waals surface area contributed by atoms with Gasteiger partial charge in [0.25, 0.3) is 0 Å². The molecule has 0 saturated heterocycles. The summed E-state index contributed by atoms with van der Waals surface area (Å²) in [5.41, 5.74) is -0.348. The van der Waals surface area contributed by atoms with E-state index in [1.54, 1.807) is 13.8 Å². The van der Waals surface area contributed by atoms with Crippen LogP contribution in [0.1, 0.15) is 13.8 Å². The van der Waals surface area contributed by atoms with Crippen LogP contribution in [-0.2, 0) is 23.8 Å². The van der Waals surface area contributed by atoms with Gasteiger partial charge in [0.15, 0.2) is 6.29 Å². The number of rotatable bonds is 5. The lowest BCUT2D eigenvalue weighted by Gasteiger charge is -2.12. The highest BCUT2D eigenvalue weighted by molar-refractivity contribution is 6.13. The van der Waals surface area contributed by atoms with Crippen molar-refractivity contribution >= 4 is 11.9 Å². The molecule has 0 aromatic heterocycles. The SMILES string of the molecule is C=C(C(=O)OC)C(=O)OC(C)OCC. The van der Waals surface area contributed by atoms with E-state index in [1.165, 1.54) is 0 Å². The van der Waals surface area contributed by atoms with Crippen LogP contribution < -0.4 is 0 Å². The molecule has 0 spiro atoms. The maximum absolute atomic E-state index is 11.1. The van der Waals surface area contributed by atoms with Crippen LogP contribution in [0, 0.1) is 0 Å². The van der Waals surface area contributed by atoms with E-state index in [0.29, 0.717) is 6.61 Å². The standard InChI is InChI=1S/C9H14O5/c1-5-13-7(3)14-9(11)6(2)8(10)12-4/h7H,2,5H2,1,3-4H3. The van der Waals surface area contributed by atoms with Gasteiger partial charge in [0.05, 0.1) is 7.11 Å². The van der Waals surface area contributed by atoms with Crippen LogP contribution in [0.4, 0.5) is 0 Å². The number of esters is 2. The van der Waals surface area contributed by atoms with E-state index in [1.807, 2.05) is 0 Å². The Kier molecular flexibility index (Phi) is 5.55. The molecule has 0 aliphatic carbocycles. The van der Waals surface area contributed by atoms with E-state index in [4.69, 9.17) is 9.47 Å². The van der Waals surface area contributed by atoms with Gasteiger partial charge in [-0.15, -0.1) is 0 Å². The Labute approximate surface area is 82.6 Å². The molecule has 80 valence electrons. The van der Waals surface area contributed by atoms with Gasteiger partial charge in [-0.3, -0.25) is 0 Å². The minimum absolute atomic E-state index is 0.348. The number of methoxy groups -OCH3 is 1. The van der Waals surface area contributed by atoms with Gasteiger partial charge in [-0.25, -0.2) is 9.59 Å². The topological polar surface area (TPSA) is 61.8 Å². The molecule has 0 rings (SSSR count). The molecule has 1 atom stereocenters. The molecule has 0 aromatic rings. The van der Waals surface area contributed by atoms with Gasteiger partial charge < -0.3 is 14.2 Å². The third kappa shape index (κ3) is 4.04. The van der Waals surface area contributed by atoms with E-state index in [0.717, 1.165) is 7.11 Å². The van der Waals surface area contributed by atoms with Crippen molar-refractivity contribution in [1.82, 2.24) is 0 Å². The minimum atomic E-state index is -0.835. The lowest BCUT2D eigenvalue weighted by atomic mass is 10.3. The van der Waals surface area contributed by atoms with Crippen molar-refractivity contribution in [2.75, 3.05) is 13.7 Å². The van der Waals surface area contributed by atoms with Crippen molar-refractivity contribution in [2.45, 2.75) is 20.1 Å². The average Bonchev–Trinajstić information content (AvgIpc) is 2.15. The summed E-state index contributed by atoms with van der Waals surface area (Å²) in [6.45, 7) is 6.96. The Morgan fingerprint density at radius 3 is 2.36 bits per heavy atom. The zero-order valence-corrected chi connectivity index (χ0v) is 8.53. The predicted octanol–water partition coefficient (Wildman–Crippen LogP) is 0.641. The van der Waals surface area contributed by atoms with E-state index in [2.05, 4.69) is 11.3 Å². The predicted molar refractivity (Wildman–Crippen MR) is 48.3 cm³/mol. The molecule has 0 amide bonds. The highest BCUT2D eigenvalue weighted by Gasteiger charge is 2.19. The molecule has 0 aliphatic heterocycles. The second-order valence-corrected chi connectivity index (χ2v) is 2.40. The molecule has 5 heteroatoms. The van der Waals surface area contributed by atoms with Crippen LogP contribution in [0.3, 0.4) is 0 Å². The van der Waals surface area contributed by atoms with Gasteiger partial charge in [-0.1, -0.05) is 6.58 Å². The fourth-order valence-electron chi connectivity index (χ4n) is 0.697. The molecule has 0 radical (unpaired) electrons. The summed E-state index contributed by atoms with van der Waals surface area (Å²) in [5.74, 6) is -1.64. The normalized spacial score (nSPS) is 11.6. The first-order chi connectivity index (χ1) is 6.52. The third-order valence-corrected chi connectivity index (χ3v) is 1.35. The van der Waals surface area contributed by atoms with Crippen molar-refractivity contribution in [3.63, 3.8) is 0 Å². The Hall–Kier alpha value is -1.36. The first-order valence-corrected chi connectivity index (χ1v) is 4.12. The van der Waals surface area contributed by atoms with Crippen LogP contribution >= 0.6 is 0 Å². The van der Waals surface area contributed by atoms with Crippen molar-refractivity contribution in [1.29, 1.82) is 0 Å². The average molecular weight is 202 g/mol. The van der Waals surface area contributed by atoms with Crippen molar-refractivity contribution in [3.8, 4) is 0 Å². The quantitative estimate of drug-likeness (QED) is 0.215. The van der Waals surface area contributed by atoms with Gasteiger partial charge >= 0.3 is 11.9 Å². The summed E-state index contributed by atoms with van der Waals surface area (Å²) in [7, 11) is 1.16. The molecule has 14 heavy (non-hydrogen) atoms. The molecule has 0 saturated carbocycles. The summed E-state index contributed by atoms with van der Waals surface area (Å²) in [5, 5.41) is 0. The third-order valence-electron chi connectivity index (χ3n) is 1.35. The summed E-state index contributed by atoms with van der Waals surface area (Å²) in [4.78, 5) is 22.0. The molecule has 0 heterocycles. The number of ether oxygens (including phenoxy) is 3. The lowest BCUT2D eigenvalue weighted by Crippen LogP contribution is -2.22. The molecule has 0 N–H and O–H groups in total. The highest BCUT2D eigenvalue weighted by Crippen LogP contribution is 2.02. The Balaban J connectivity index is 4.08. The fraction of sp³-hybridized carbons (Fsp3) is 0.556. The number of hydrogen-bond donors (Lipinski definition) is 0. The van der Waals surface area contributed by atoms with Gasteiger partial charge in [0, 0.05) is 6.61 Å². The van der Waals surface area contributed by atoms with Crippen LogP contribution in [0.25, 0.3) is 0 Å². The zero-order valence-electron chi connectivity index (χ0n) is 8.53. The first-order valence-electron chi connectivity index (χ1n) is 4.12. The minimum Gasteiger partial charge on any atom is -0.465 e. The van der Waals surface area contributed by atoms with Gasteiger partial charge in [0.2, 0.25) is 0 Å². The molecule has 0 aromatic carbocycles. The Morgan fingerprint density at radius 1 is 1.36 bits per heavy atom. The monoisotopic (exact) mass is 202 g/mol. The number of hydrogen-bond acceptors (Lipinski definition) is 5. The smallest absolute Gasteiger partial charge is 0.347 e. The molecule has 0 bridgehead atoms. The first kappa shape index (κ1) is 12.6. The van der Waals surface area contributed by atoms with E-state index in [9.17, 15) is 9.59 Å². The van der Waals surface area contributed by atoms with Crippen LogP contribution in [0.2, 0.25) is 0 Å². The van der Waals surface area contributed by atoms with Crippen molar-refractivity contribution in [3.05, 3.63) is 12.2 Å². The second-order valence-electron chi connectivity index (χ2n) is 2.40. The van der Waals surface area contributed by atoms with Crippen LogP contribution in [0.5, 0.6) is 0 Å². The largest absolute Gasteiger partial charge is 0.465 e. The number of carbonyl (C=O) groups excluding carboxylic acids is 2. The van der Waals surface area contributed by atoms with E-state index >= 15 is 0 Å². The number of carbonyl (C=O) groups is 2. The molecule has 0 aliphatic rings. The fourth-order valence-corrected chi connectivity index (χ4v) is 0.697. The molecule has 1 unspecified atom stereocenters. The lowest BCUT2D eigenvalue weighted by molar-refractivity contribution is -0.170. The van der Waals surface area contributed by atoms with Crippen LogP contribution in [0.15, 0.2) is 12.2 Å². The Bertz CT molecular complexity index is 233. The van der Waals surface area contributed by atoms with Gasteiger partial charge in [-0.2, -0.15) is 0 Å². The molecular formula is C9H14O5. The second kappa shape index (κ2) is 6.15. The maximum atomic E-state index is 11.1. The summed E-state index contributed by atoms with van der Waals surface area (Å²) in [6, 6.07) is 0. The van der Waals surface area contributed by atoms with Crippen molar-refractivity contribution < 1.29 is 23.8 Å². The molecule has 0 fully saturated rings. The van der Waals surface area contributed by atoms with Crippen molar-refractivity contribution in [2.24, 2.45) is 0 Å². The summed E-state index contributed by atoms with van der Waals surface area (Å²) in [6.07, 6.45) is -0.700. The zero-order chi connectivity index (χ0) is 11.1. The van der Waals surface area contributed by atoms with Gasteiger partial charge in [0.1, 0.15) is 5.57 Å². The van der Waals surface area contributed by atoms with Gasteiger partial charge in [-0.05, 0) is 13.8 Å². The van der Waals surface area contributed by atoms with Crippen LogP contribution in [-0.4, -0.2) is 31.9 Å². The maximum Gasteiger partial charge on any atom is 0.347 e. The van der Waals surface area contributed by atoms with E-state index < -0.39 is 18.2 Å². The Morgan fingerprint density at radius 2 is 1.93 bits per heavy atom. The summed E-state index contributed by atoms with van der Waals surface area (Å²) >= 11 is 0. The molecular weight excluding hydrogens is 188 g/mol.